The molecule has 3 aliphatic rings. The zero-order valence-electron chi connectivity index (χ0n) is 37.6. The van der Waals surface area contributed by atoms with E-state index < -0.39 is 124 Å². The first-order valence-electron chi connectivity index (χ1n) is 23.8. The molecule has 17 unspecified atom stereocenters. The van der Waals surface area contributed by atoms with Crippen molar-refractivity contribution in [3.63, 3.8) is 0 Å². The third kappa shape index (κ3) is 18.1. The van der Waals surface area contributed by atoms with Gasteiger partial charge < -0.3 is 89.9 Å². The fourth-order valence-electron chi connectivity index (χ4n) is 8.37. The molecule has 3 aliphatic heterocycles. The Kier molecular flexibility index (Phi) is 27.6. The molecule has 3 heterocycles. The van der Waals surface area contributed by atoms with Crippen LogP contribution >= 0.6 is 0 Å². The van der Waals surface area contributed by atoms with E-state index in [-0.39, 0.29) is 18.9 Å². The highest BCUT2D eigenvalue weighted by atomic mass is 16.8. The lowest BCUT2D eigenvalue weighted by atomic mass is 9.96. The molecule has 17 atom stereocenters. The fourth-order valence-corrected chi connectivity index (χ4v) is 8.37. The minimum Gasteiger partial charge on any atom is -0.394 e. The number of ether oxygens (including phenoxy) is 6. The number of unbranched alkanes of at least 4 members (excludes halogenated alkanes) is 16. The van der Waals surface area contributed by atoms with E-state index in [1.54, 1.807) is 0 Å². The Morgan fingerprint density at radius 1 is 0.508 bits per heavy atom. The maximum atomic E-state index is 13.1. The third-order valence-corrected chi connectivity index (χ3v) is 12.4. The van der Waals surface area contributed by atoms with Crippen molar-refractivity contribution < 1.29 is 89.4 Å². The molecule has 0 radical (unpaired) electrons. The molecule has 3 fully saturated rings. The molecular weight excluding hydrogens is 830 g/mol. The van der Waals surface area contributed by atoms with E-state index >= 15 is 0 Å². The lowest BCUT2D eigenvalue weighted by Gasteiger charge is -2.48. The van der Waals surface area contributed by atoms with Gasteiger partial charge in [-0.05, 0) is 12.8 Å². The Balaban J connectivity index is 1.51. The molecule has 19 heteroatoms. The molecule has 0 bridgehead atoms. The summed E-state index contributed by atoms with van der Waals surface area (Å²) in [6, 6.07) is -0.874. The first kappa shape index (κ1) is 56.1. The summed E-state index contributed by atoms with van der Waals surface area (Å²) in [5, 5.41) is 119. The molecule has 19 nitrogen and oxygen atoms in total. The first-order chi connectivity index (χ1) is 30.3. The third-order valence-electron chi connectivity index (χ3n) is 12.4. The second-order valence-corrected chi connectivity index (χ2v) is 17.6. The monoisotopic (exact) mass is 914 g/mol. The van der Waals surface area contributed by atoms with Crippen LogP contribution in [0.15, 0.2) is 0 Å². The standard InChI is InChI=1S/C44H83NO18/c1-3-5-7-9-10-11-12-13-14-15-16-17-18-20-22-32(50)45-27(28(49)21-19-8-6-4-2)26-58-42-38(56)35(53)40(30(24-47)60-42)63-44-39(57)36(54)41(31(25-48)61-44)62-43-37(55)34(52)33(51)29(23-46)59-43/h27-31,33-44,46-49,51-57H,3-26H2,1-2H3,(H,45,50). The van der Waals surface area contributed by atoms with Crippen molar-refractivity contribution in [3.05, 3.63) is 0 Å². The summed E-state index contributed by atoms with van der Waals surface area (Å²) < 4.78 is 33.9. The normalized spacial score (nSPS) is 34.8. The average Bonchev–Trinajstić information content (AvgIpc) is 3.28. The van der Waals surface area contributed by atoms with Crippen molar-refractivity contribution in [1.82, 2.24) is 5.32 Å². The summed E-state index contributed by atoms with van der Waals surface area (Å²) in [4.78, 5) is 13.1. The van der Waals surface area contributed by atoms with Gasteiger partial charge in [0.25, 0.3) is 0 Å². The number of hydrogen-bond donors (Lipinski definition) is 12. The summed E-state index contributed by atoms with van der Waals surface area (Å²) >= 11 is 0. The Morgan fingerprint density at radius 3 is 1.38 bits per heavy atom. The van der Waals surface area contributed by atoms with Crippen LogP contribution in [-0.2, 0) is 33.2 Å². The summed E-state index contributed by atoms with van der Waals surface area (Å²) in [5.41, 5.74) is 0. The smallest absolute Gasteiger partial charge is 0.220 e. The van der Waals surface area contributed by atoms with Gasteiger partial charge in [0.2, 0.25) is 5.91 Å². The van der Waals surface area contributed by atoms with Crippen LogP contribution in [-0.4, -0.2) is 193 Å². The van der Waals surface area contributed by atoms with Crippen molar-refractivity contribution in [1.29, 1.82) is 0 Å². The Labute approximate surface area is 373 Å². The minimum atomic E-state index is -1.96. The number of carbonyl (C=O) groups excluding carboxylic acids is 1. The summed E-state index contributed by atoms with van der Waals surface area (Å²) in [6.07, 6.45) is -5.47. The lowest BCUT2D eigenvalue weighted by molar-refractivity contribution is -0.379. The van der Waals surface area contributed by atoms with Gasteiger partial charge in [-0.3, -0.25) is 4.79 Å². The van der Waals surface area contributed by atoms with E-state index in [4.69, 9.17) is 28.4 Å². The SMILES string of the molecule is CCCCCCCCCCCCCCCCC(=O)NC(COC1OC(CO)C(OC2OC(CO)C(OC3OC(CO)C(O)C(O)C3O)C(O)C2O)C(O)C1O)C(O)CCCCCC. The highest BCUT2D eigenvalue weighted by Gasteiger charge is 2.53. The molecule has 0 saturated carbocycles. The summed E-state index contributed by atoms with van der Waals surface area (Å²) in [7, 11) is 0. The second-order valence-electron chi connectivity index (χ2n) is 17.6. The van der Waals surface area contributed by atoms with Gasteiger partial charge in [-0.15, -0.1) is 0 Å². The quantitative estimate of drug-likeness (QED) is 0.0400. The van der Waals surface area contributed by atoms with E-state index in [0.717, 1.165) is 44.9 Å². The number of aliphatic hydroxyl groups excluding tert-OH is 11. The molecular formula is C44H83NO18. The van der Waals surface area contributed by atoms with Crippen molar-refractivity contribution in [3.8, 4) is 0 Å². The van der Waals surface area contributed by atoms with Crippen LogP contribution in [0.1, 0.15) is 142 Å². The lowest BCUT2D eigenvalue weighted by Crippen LogP contribution is -2.66. The molecule has 0 spiro atoms. The zero-order chi connectivity index (χ0) is 46.3. The summed E-state index contributed by atoms with van der Waals surface area (Å²) in [5.74, 6) is -0.253. The largest absolute Gasteiger partial charge is 0.394 e. The molecule has 0 aromatic heterocycles. The fraction of sp³-hybridized carbons (Fsp3) is 0.977. The number of nitrogens with one attached hydrogen (secondary N) is 1. The van der Waals surface area contributed by atoms with Crippen LogP contribution in [0, 0.1) is 0 Å². The van der Waals surface area contributed by atoms with Gasteiger partial charge >= 0.3 is 0 Å². The van der Waals surface area contributed by atoms with E-state index in [9.17, 15) is 61.0 Å². The average molecular weight is 914 g/mol. The number of hydrogen-bond acceptors (Lipinski definition) is 18. The number of rotatable bonds is 32. The molecule has 63 heavy (non-hydrogen) atoms. The first-order valence-corrected chi connectivity index (χ1v) is 23.8. The van der Waals surface area contributed by atoms with Crippen LogP contribution in [0.4, 0.5) is 0 Å². The van der Waals surface area contributed by atoms with Gasteiger partial charge in [0.05, 0.1) is 38.6 Å². The predicted octanol–water partition coefficient (Wildman–Crippen LogP) is 0.139. The predicted molar refractivity (Wildman–Crippen MR) is 227 cm³/mol. The molecule has 0 aromatic rings. The second kappa shape index (κ2) is 31.0. The van der Waals surface area contributed by atoms with Gasteiger partial charge in [-0.1, -0.05) is 123 Å². The van der Waals surface area contributed by atoms with E-state index in [0.29, 0.717) is 12.8 Å². The van der Waals surface area contributed by atoms with Crippen LogP contribution < -0.4 is 5.32 Å². The van der Waals surface area contributed by atoms with Crippen molar-refractivity contribution >= 4 is 5.91 Å². The Hall–Kier alpha value is -1.21. The number of carbonyl (C=O) groups is 1. The van der Waals surface area contributed by atoms with Gasteiger partial charge in [0, 0.05) is 6.42 Å². The van der Waals surface area contributed by atoms with E-state index in [1.807, 2.05) is 0 Å². The van der Waals surface area contributed by atoms with E-state index in [1.165, 1.54) is 64.2 Å². The molecule has 1 amide bonds. The summed E-state index contributed by atoms with van der Waals surface area (Å²) in [6.45, 7) is 1.61. The maximum absolute atomic E-state index is 13.1. The van der Waals surface area contributed by atoms with E-state index in [2.05, 4.69) is 19.2 Å². The zero-order valence-corrected chi connectivity index (χ0v) is 37.6. The Bertz CT molecular complexity index is 1190. The maximum Gasteiger partial charge on any atom is 0.220 e. The molecule has 3 saturated heterocycles. The molecule has 0 aliphatic carbocycles. The van der Waals surface area contributed by atoms with Gasteiger partial charge in [0.15, 0.2) is 18.9 Å². The van der Waals surface area contributed by atoms with Gasteiger partial charge in [-0.25, -0.2) is 0 Å². The van der Waals surface area contributed by atoms with Crippen molar-refractivity contribution in [2.24, 2.45) is 0 Å². The molecule has 0 aromatic carbocycles. The van der Waals surface area contributed by atoms with Crippen LogP contribution in [0.5, 0.6) is 0 Å². The minimum absolute atomic E-state index is 0.253. The highest BCUT2D eigenvalue weighted by molar-refractivity contribution is 5.76. The topological polar surface area (TPSA) is 307 Å². The number of amides is 1. The van der Waals surface area contributed by atoms with Crippen LogP contribution in [0.25, 0.3) is 0 Å². The molecule has 3 rings (SSSR count). The van der Waals surface area contributed by atoms with Gasteiger partial charge in [0.1, 0.15) is 73.2 Å². The van der Waals surface area contributed by atoms with Crippen LogP contribution in [0.2, 0.25) is 0 Å². The van der Waals surface area contributed by atoms with Gasteiger partial charge in [-0.2, -0.15) is 0 Å². The Morgan fingerprint density at radius 2 is 0.905 bits per heavy atom. The highest BCUT2D eigenvalue weighted by Crippen LogP contribution is 2.33. The number of aliphatic hydroxyl groups is 11. The van der Waals surface area contributed by atoms with Crippen molar-refractivity contribution in [2.45, 2.75) is 247 Å². The molecule has 372 valence electrons. The van der Waals surface area contributed by atoms with Crippen molar-refractivity contribution in [2.75, 3.05) is 26.4 Å². The molecule has 12 N–H and O–H groups in total. The van der Waals surface area contributed by atoms with Crippen LogP contribution in [0.3, 0.4) is 0 Å².